The van der Waals surface area contributed by atoms with Crippen LogP contribution in [0.4, 0.5) is 4.39 Å². The molecule has 1 aliphatic rings. The molecule has 1 amide bonds. The first kappa shape index (κ1) is 20.5. The summed E-state index contributed by atoms with van der Waals surface area (Å²) in [7, 11) is 0. The van der Waals surface area contributed by atoms with Crippen molar-refractivity contribution in [1.29, 1.82) is 0 Å². The van der Waals surface area contributed by atoms with E-state index in [1.807, 2.05) is 37.3 Å². The molecule has 0 bridgehead atoms. The average molecular weight is 384 g/mol. The smallest absolute Gasteiger partial charge is 0.224 e. The zero-order chi connectivity index (χ0) is 19.8. The highest BCUT2D eigenvalue weighted by Gasteiger charge is 2.25. The van der Waals surface area contributed by atoms with Crippen molar-refractivity contribution in [1.82, 2.24) is 10.2 Å². The minimum absolute atomic E-state index is 0.0143. The van der Waals surface area contributed by atoms with Gasteiger partial charge in [0.25, 0.3) is 0 Å². The van der Waals surface area contributed by atoms with E-state index in [2.05, 4.69) is 10.2 Å². The molecule has 1 saturated heterocycles. The lowest BCUT2D eigenvalue weighted by Crippen LogP contribution is -2.42. The molecule has 1 unspecified atom stereocenters. The van der Waals surface area contributed by atoms with Crippen molar-refractivity contribution in [2.75, 3.05) is 19.7 Å². The number of hydrogen-bond acceptors (Lipinski definition) is 3. The summed E-state index contributed by atoms with van der Waals surface area (Å²) >= 11 is 0. The van der Waals surface area contributed by atoms with Crippen LogP contribution in [-0.4, -0.2) is 30.5 Å². The summed E-state index contributed by atoms with van der Waals surface area (Å²) in [6, 6.07) is 14.8. The minimum atomic E-state index is -0.212. The van der Waals surface area contributed by atoms with Crippen LogP contribution in [0.5, 0.6) is 0 Å². The summed E-state index contributed by atoms with van der Waals surface area (Å²) in [5.41, 5.74) is 3.17. The lowest BCUT2D eigenvalue weighted by Gasteiger charge is -2.32. The lowest BCUT2D eigenvalue weighted by atomic mass is 9.96. The van der Waals surface area contributed by atoms with Gasteiger partial charge in [-0.15, -0.1) is 0 Å². The molecule has 1 fully saturated rings. The number of ether oxygens (including phenoxy) is 1. The predicted octanol–water partition coefficient (Wildman–Crippen LogP) is 3.89. The molecule has 150 valence electrons. The van der Waals surface area contributed by atoms with Crippen molar-refractivity contribution in [2.24, 2.45) is 5.92 Å². The molecule has 3 rings (SSSR count). The van der Waals surface area contributed by atoms with Crippen molar-refractivity contribution in [3.05, 3.63) is 71.0 Å². The topological polar surface area (TPSA) is 41.6 Å². The molecule has 0 radical (unpaired) electrons. The van der Waals surface area contributed by atoms with E-state index in [0.717, 1.165) is 42.6 Å². The quantitative estimate of drug-likeness (QED) is 0.751. The Morgan fingerprint density at radius 2 is 1.96 bits per heavy atom. The average Bonchev–Trinajstić information content (AvgIpc) is 2.71. The molecule has 28 heavy (non-hydrogen) atoms. The number of amides is 1. The van der Waals surface area contributed by atoms with Crippen molar-refractivity contribution in [2.45, 2.75) is 39.5 Å². The zero-order valence-electron chi connectivity index (χ0n) is 16.5. The number of carbonyl (C=O) groups is 1. The molecule has 0 aromatic heterocycles. The van der Waals surface area contributed by atoms with Gasteiger partial charge in [0.2, 0.25) is 5.91 Å². The van der Waals surface area contributed by atoms with Gasteiger partial charge in [-0.2, -0.15) is 0 Å². The number of piperidine rings is 1. The van der Waals surface area contributed by atoms with Crippen molar-refractivity contribution in [3.8, 4) is 0 Å². The molecule has 5 heteroatoms. The number of nitrogens with one attached hydrogen (secondary N) is 1. The fourth-order valence-electron chi connectivity index (χ4n) is 3.61. The molecular formula is C23H29FN2O2. The van der Waals surface area contributed by atoms with Gasteiger partial charge < -0.3 is 10.1 Å². The van der Waals surface area contributed by atoms with Crippen molar-refractivity contribution < 1.29 is 13.9 Å². The third-order valence-corrected chi connectivity index (χ3v) is 5.13. The van der Waals surface area contributed by atoms with Crippen LogP contribution in [0.1, 0.15) is 36.5 Å². The van der Waals surface area contributed by atoms with Crippen LogP contribution < -0.4 is 5.32 Å². The predicted molar refractivity (Wildman–Crippen MR) is 108 cm³/mol. The van der Waals surface area contributed by atoms with Gasteiger partial charge in [0.15, 0.2) is 0 Å². The molecule has 2 aromatic carbocycles. The normalized spacial score (nSPS) is 17.4. The minimum Gasteiger partial charge on any atom is -0.377 e. The van der Waals surface area contributed by atoms with E-state index in [-0.39, 0.29) is 17.6 Å². The molecule has 1 aliphatic heterocycles. The van der Waals surface area contributed by atoms with Gasteiger partial charge >= 0.3 is 0 Å². The number of carbonyl (C=O) groups excluding carboxylic acids is 1. The largest absolute Gasteiger partial charge is 0.377 e. The van der Waals surface area contributed by atoms with Gasteiger partial charge in [-0.1, -0.05) is 36.4 Å². The SMILES string of the molecule is CCOCc1ccc(CNC(=O)C2CCCN(Cc3cccc(F)c3)C2)cc1. The first-order valence-electron chi connectivity index (χ1n) is 10.0. The molecule has 1 atom stereocenters. The third-order valence-electron chi connectivity index (χ3n) is 5.13. The molecular weight excluding hydrogens is 355 g/mol. The van der Waals surface area contributed by atoms with E-state index in [9.17, 15) is 9.18 Å². The number of benzene rings is 2. The highest BCUT2D eigenvalue weighted by molar-refractivity contribution is 5.78. The summed E-state index contributed by atoms with van der Waals surface area (Å²) in [5, 5.41) is 3.07. The summed E-state index contributed by atoms with van der Waals surface area (Å²) < 4.78 is 18.8. The number of rotatable bonds is 8. The Bertz CT molecular complexity index is 763. The summed E-state index contributed by atoms with van der Waals surface area (Å²) in [6.45, 7) is 6.18. The molecule has 1 N–H and O–H groups in total. The summed E-state index contributed by atoms with van der Waals surface area (Å²) in [4.78, 5) is 14.9. The molecule has 0 aliphatic carbocycles. The van der Waals surface area contributed by atoms with E-state index in [1.54, 1.807) is 12.1 Å². The van der Waals surface area contributed by atoms with Crippen LogP contribution in [0.25, 0.3) is 0 Å². The Morgan fingerprint density at radius 3 is 2.71 bits per heavy atom. The lowest BCUT2D eigenvalue weighted by molar-refractivity contribution is -0.126. The molecule has 0 saturated carbocycles. The van der Waals surface area contributed by atoms with E-state index >= 15 is 0 Å². The number of nitrogens with zero attached hydrogens (tertiary/aromatic N) is 1. The van der Waals surface area contributed by atoms with Crippen LogP contribution in [-0.2, 0) is 29.2 Å². The first-order valence-corrected chi connectivity index (χ1v) is 10.0. The van der Waals surface area contributed by atoms with Crippen molar-refractivity contribution in [3.63, 3.8) is 0 Å². The molecule has 0 spiro atoms. The van der Waals surface area contributed by atoms with Gasteiger partial charge in [-0.05, 0) is 55.1 Å². The fraction of sp³-hybridized carbons (Fsp3) is 0.435. The van der Waals surface area contributed by atoms with Crippen LogP contribution in [0.2, 0.25) is 0 Å². The maximum atomic E-state index is 13.4. The van der Waals surface area contributed by atoms with Crippen LogP contribution in [0.3, 0.4) is 0 Å². The third kappa shape index (κ3) is 6.14. The van der Waals surface area contributed by atoms with Crippen LogP contribution >= 0.6 is 0 Å². The first-order chi connectivity index (χ1) is 13.6. The Balaban J connectivity index is 1.47. The zero-order valence-corrected chi connectivity index (χ0v) is 16.5. The van der Waals surface area contributed by atoms with E-state index in [4.69, 9.17) is 4.74 Å². The molecule has 4 nitrogen and oxygen atoms in total. The van der Waals surface area contributed by atoms with E-state index in [1.165, 1.54) is 6.07 Å². The summed E-state index contributed by atoms with van der Waals surface area (Å²) in [6.07, 6.45) is 1.89. The Kier molecular flexibility index (Phi) is 7.57. The van der Waals surface area contributed by atoms with Gasteiger partial charge in [0.05, 0.1) is 12.5 Å². The molecule has 1 heterocycles. The fourth-order valence-corrected chi connectivity index (χ4v) is 3.61. The maximum absolute atomic E-state index is 13.4. The van der Waals surface area contributed by atoms with Gasteiger partial charge in [-0.3, -0.25) is 9.69 Å². The van der Waals surface area contributed by atoms with Gasteiger partial charge in [-0.25, -0.2) is 4.39 Å². The Morgan fingerprint density at radius 1 is 1.18 bits per heavy atom. The number of likely N-dealkylation sites (tertiary alicyclic amines) is 1. The number of hydrogen-bond donors (Lipinski definition) is 1. The second kappa shape index (κ2) is 10.3. The monoisotopic (exact) mass is 384 g/mol. The highest BCUT2D eigenvalue weighted by Crippen LogP contribution is 2.19. The second-order valence-electron chi connectivity index (χ2n) is 7.38. The number of halogens is 1. The van der Waals surface area contributed by atoms with Gasteiger partial charge in [0, 0.05) is 26.2 Å². The van der Waals surface area contributed by atoms with E-state index in [0.29, 0.717) is 26.3 Å². The summed E-state index contributed by atoms with van der Waals surface area (Å²) in [5.74, 6) is -0.127. The van der Waals surface area contributed by atoms with E-state index < -0.39 is 0 Å². The Hall–Kier alpha value is -2.24. The molecule has 2 aromatic rings. The maximum Gasteiger partial charge on any atom is 0.224 e. The van der Waals surface area contributed by atoms with Crippen molar-refractivity contribution >= 4 is 5.91 Å². The highest BCUT2D eigenvalue weighted by atomic mass is 19.1. The standard InChI is InChI=1S/C23H29FN2O2/c1-2-28-17-19-10-8-18(9-11-19)14-25-23(27)21-6-4-12-26(16-21)15-20-5-3-7-22(24)13-20/h3,5,7-11,13,21H,2,4,6,12,14-17H2,1H3,(H,25,27). The second-order valence-corrected chi connectivity index (χ2v) is 7.38. The Labute approximate surface area is 166 Å². The van der Waals surface area contributed by atoms with Crippen LogP contribution in [0.15, 0.2) is 48.5 Å². The van der Waals surface area contributed by atoms with Crippen LogP contribution in [0, 0.1) is 11.7 Å². The van der Waals surface area contributed by atoms with Gasteiger partial charge in [0.1, 0.15) is 5.82 Å².